The lowest BCUT2D eigenvalue weighted by Gasteiger charge is -2.22. The van der Waals surface area contributed by atoms with Gasteiger partial charge < -0.3 is 4.74 Å². The lowest BCUT2D eigenvalue weighted by Crippen LogP contribution is -2.22. The van der Waals surface area contributed by atoms with Gasteiger partial charge in [0, 0.05) is 11.0 Å². The van der Waals surface area contributed by atoms with Gasteiger partial charge in [-0.25, -0.2) is 0 Å². The summed E-state index contributed by atoms with van der Waals surface area (Å²) in [7, 11) is -1.99. The first-order valence-electron chi connectivity index (χ1n) is 8.19. The van der Waals surface area contributed by atoms with Gasteiger partial charge in [-0.1, -0.05) is 34.6 Å². The molecule has 1 rings (SSSR count). The topological polar surface area (TPSA) is 44.8 Å². The molecule has 5 heteroatoms. The number of ether oxygens (including phenoxy) is 1. The van der Waals surface area contributed by atoms with Gasteiger partial charge in [0.25, 0.3) is 0 Å². The third-order valence-corrected chi connectivity index (χ3v) is 4.89. The summed E-state index contributed by atoms with van der Waals surface area (Å²) in [5.41, 5.74) is 0. The van der Waals surface area contributed by atoms with E-state index in [1.807, 2.05) is 13.8 Å². The predicted molar refractivity (Wildman–Crippen MR) is 85.4 cm³/mol. The maximum absolute atomic E-state index is 11.6. The van der Waals surface area contributed by atoms with Gasteiger partial charge in [0.05, 0.1) is 12.2 Å². The Morgan fingerprint density at radius 2 is 1.76 bits per heavy atom. The fourth-order valence-corrected chi connectivity index (χ4v) is 3.62. The molecule has 21 heavy (non-hydrogen) atoms. The number of hydrogen-bond donors (Lipinski definition) is 0. The van der Waals surface area contributed by atoms with Crippen LogP contribution in [-0.2, 0) is 18.3 Å². The second kappa shape index (κ2) is 9.19. The normalized spacial score (nSPS) is 30.4. The van der Waals surface area contributed by atoms with Crippen LogP contribution in [0.25, 0.3) is 0 Å². The summed E-state index contributed by atoms with van der Waals surface area (Å²) < 4.78 is 28.1. The van der Waals surface area contributed by atoms with E-state index >= 15 is 0 Å². The minimum absolute atomic E-state index is 0.214. The van der Waals surface area contributed by atoms with Gasteiger partial charge in [-0.05, 0) is 37.0 Å². The van der Waals surface area contributed by atoms with Crippen molar-refractivity contribution in [2.75, 3.05) is 13.2 Å². The van der Waals surface area contributed by atoms with Crippen LogP contribution >= 0.6 is 8.25 Å². The van der Waals surface area contributed by atoms with Crippen LogP contribution in [0.5, 0.6) is 0 Å². The third kappa shape index (κ3) is 6.73. The maximum atomic E-state index is 11.6. The summed E-state index contributed by atoms with van der Waals surface area (Å²) in [4.78, 5) is 0. The standard InChI is InChI=1S/C16H32O4P/c1-11(2)9-15-13(5)14(6)20-16(15)7-8-18-21(17)19-10-12(3)4/h11-16H,7-10H2,1-6H3/q+1/t13-,14+,15?,16-/m1/s1. The summed E-state index contributed by atoms with van der Waals surface area (Å²) in [5.74, 6) is 2.17. The fraction of sp³-hybridized carbons (Fsp3) is 1.00. The van der Waals surface area contributed by atoms with E-state index in [0.29, 0.717) is 43.0 Å². The largest absolute Gasteiger partial charge is 0.697 e. The quantitative estimate of drug-likeness (QED) is 0.572. The molecule has 1 saturated heterocycles. The highest BCUT2D eigenvalue weighted by molar-refractivity contribution is 7.33. The first-order chi connectivity index (χ1) is 9.81. The van der Waals surface area contributed by atoms with Gasteiger partial charge in [-0.15, -0.1) is 9.05 Å². The maximum Gasteiger partial charge on any atom is 0.697 e. The van der Waals surface area contributed by atoms with Gasteiger partial charge in [0.15, 0.2) is 0 Å². The average Bonchev–Trinajstić information content (AvgIpc) is 2.64. The van der Waals surface area contributed by atoms with E-state index in [1.165, 1.54) is 6.42 Å². The highest BCUT2D eigenvalue weighted by Gasteiger charge is 2.39. The van der Waals surface area contributed by atoms with E-state index in [2.05, 4.69) is 27.7 Å². The van der Waals surface area contributed by atoms with Crippen LogP contribution in [0.15, 0.2) is 0 Å². The van der Waals surface area contributed by atoms with Crippen molar-refractivity contribution < 1.29 is 18.3 Å². The van der Waals surface area contributed by atoms with Crippen molar-refractivity contribution >= 4 is 8.25 Å². The lowest BCUT2D eigenvalue weighted by atomic mass is 9.82. The molecule has 0 bridgehead atoms. The molecular formula is C16H32O4P+. The molecule has 0 aromatic carbocycles. The zero-order chi connectivity index (χ0) is 16.0. The van der Waals surface area contributed by atoms with Gasteiger partial charge in [0.2, 0.25) is 0 Å². The molecule has 0 aliphatic carbocycles. The Labute approximate surface area is 130 Å². The second-order valence-electron chi connectivity index (χ2n) is 7.07. The Morgan fingerprint density at radius 1 is 1.10 bits per heavy atom. The van der Waals surface area contributed by atoms with E-state index in [4.69, 9.17) is 13.8 Å². The molecule has 0 aromatic rings. The van der Waals surface area contributed by atoms with Crippen LogP contribution in [0.4, 0.5) is 0 Å². The molecule has 124 valence electrons. The molecule has 0 spiro atoms. The van der Waals surface area contributed by atoms with E-state index in [-0.39, 0.29) is 6.10 Å². The minimum atomic E-state index is -1.99. The number of hydrogen-bond acceptors (Lipinski definition) is 4. The lowest BCUT2D eigenvalue weighted by molar-refractivity contribution is 0.0243. The Balaban J connectivity index is 2.34. The van der Waals surface area contributed by atoms with E-state index < -0.39 is 8.25 Å². The van der Waals surface area contributed by atoms with Crippen molar-refractivity contribution in [3.63, 3.8) is 0 Å². The molecule has 4 nitrogen and oxygen atoms in total. The monoisotopic (exact) mass is 319 g/mol. The van der Waals surface area contributed by atoms with Crippen molar-refractivity contribution in [1.29, 1.82) is 0 Å². The van der Waals surface area contributed by atoms with Crippen molar-refractivity contribution in [3.05, 3.63) is 0 Å². The Bertz CT molecular complexity index is 319. The molecule has 0 radical (unpaired) electrons. The third-order valence-electron chi connectivity index (χ3n) is 4.14. The summed E-state index contributed by atoms with van der Waals surface area (Å²) >= 11 is 0. The summed E-state index contributed by atoms with van der Waals surface area (Å²) in [6.45, 7) is 13.9. The van der Waals surface area contributed by atoms with Crippen molar-refractivity contribution in [2.45, 2.75) is 66.6 Å². The molecule has 0 saturated carbocycles. The average molecular weight is 319 g/mol. The Hall–Kier alpha value is -0.0200. The van der Waals surface area contributed by atoms with Crippen LogP contribution in [-0.4, -0.2) is 25.4 Å². The Morgan fingerprint density at radius 3 is 2.33 bits per heavy atom. The molecule has 0 amide bonds. The van der Waals surface area contributed by atoms with Gasteiger partial charge >= 0.3 is 8.25 Å². The van der Waals surface area contributed by atoms with Crippen molar-refractivity contribution in [2.24, 2.45) is 23.7 Å². The van der Waals surface area contributed by atoms with Gasteiger partial charge in [-0.2, -0.15) is 0 Å². The molecule has 2 unspecified atom stereocenters. The molecule has 1 aliphatic rings. The minimum Gasteiger partial charge on any atom is -0.375 e. The summed E-state index contributed by atoms with van der Waals surface area (Å²) in [6.07, 6.45) is 2.47. The summed E-state index contributed by atoms with van der Waals surface area (Å²) in [6, 6.07) is 0. The first kappa shape index (κ1) is 19.0. The SMILES string of the molecule is CC(C)CO[P+](=O)OCC[C@H]1O[C@@H](C)[C@@H](C)C1CC(C)C. The van der Waals surface area contributed by atoms with Gasteiger partial charge in [0.1, 0.15) is 13.2 Å². The highest BCUT2D eigenvalue weighted by atomic mass is 31.1. The molecular weight excluding hydrogens is 287 g/mol. The molecule has 1 aliphatic heterocycles. The smallest absolute Gasteiger partial charge is 0.375 e. The van der Waals surface area contributed by atoms with Crippen LogP contribution in [0.3, 0.4) is 0 Å². The van der Waals surface area contributed by atoms with E-state index in [1.54, 1.807) is 0 Å². The van der Waals surface area contributed by atoms with E-state index in [9.17, 15) is 4.57 Å². The zero-order valence-corrected chi connectivity index (χ0v) is 15.3. The van der Waals surface area contributed by atoms with Crippen molar-refractivity contribution in [1.82, 2.24) is 0 Å². The van der Waals surface area contributed by atoms with Crippen LogP contribution < -0.4 is 0 Å². The van der Waals surface area contributed by atoms with E-state index in [0.717, 1.165) is 6.42 Å². The Kier molecular flexibility index (Phi) is 8.33. The fourth-order valence-electron chi connectivity index (χ4n) is 2.87. The van der Waals surface area contributed by atoms with Crippen LogP contribution in [0.1, 0.15) is 54.4 Å². The zero-order valence-electron chi connectivity index (χ0n) is 14.4. The molecule has 5 atom stereocenters. The molecule has 0 N–H and O–H groups in total. The number of rotatable bonds is 9. The van der Waals surface area contributed by atoms with Crippen LogP contribution in [0, 0.1) is 23.7 Å². The second-order valence-corrected chi connectivity index (χ2v) is 8.03. The molecule has 1 fully saturated rings. The molecule has 0 aromatic heterocycles. The van der Waals surface area contributed by atoms with Crippen molar-refractivity contribution in [3.8, 4) is 0 Å². The van der Waals surface area contributed by atoms with Gasteiger partial charge in [-0.3, -0.25) is 0 Å². The molecule has 1 heterocycles. The first-order valence-corrected chi connectivity index (χ1v) is 9.29. The predicted octanol–water partition coefficient (Wildman–Crippen LogP) is 4.81. The van der Waals surface area contributed by atoms with Crippen LogP contribution in [0.2, 0.25) is 0 Å². The summed E-state index contributed by atoms with van der Waals surface area (Å²) in [5, 5.41) is 0. The highest BCUT2D eigenvalue weighted by Crippen LogP contribution is 2.38.